The van der Waals surface area contributed by atoms with Crippen LogP contribution < -0.4 is 11.3 Å². The molecule has 3 N–H and O–H groups in total. The molecule has 1 fully saturated rings. The Hall–Kier alpha value is -1.56. The van der Waals surface area contributed by atoms with E-state index in [0.29, 0.717) is 0 Å². The van der Waals surface area contributed by atoms with Gasteiger partial charge in [0.25, 0.3) is 0 Å². The van der Waals surface area contributed by atoms with Gasteiger partial charge in [-0.2, -0.15) is 0 Å². The SMILES string of the molecule is Fc1cncc(F)c1.NNC(=O)C1CCCCC1. The van der Waals surface area contributed by atoms with Gasteiger partial charge in [-0.15, -0.1) is 0 Å². The van der Waals surface area contributed by atoms with Crippen LogP contribution in [0.1, 0.15) is 32.1 Å². The van der Waals surface area contributed by atoms with Crippen molar-refractivity contribution in [1.82, 2.24) is 10.4 Å². The van der Waals surface area contributed by atoms with Crippen molar-refractivity contribution in [1.29, 1.82) is 0 Å². The molecule has 1 heterocycles. The average molecular weight is 257 g/mol. The molecule has 6 heteroatoms. The molecular weight excluding hydrogens is 240 g/mol. The first-order valence-electron chi connectivity index (χ1n) is 5.90. The van der Waals surface area contributed by atoms with E-state index in [1.165, 1.54) is 19.3 Å². The summed E-state index contributed by atoms with van der Waals surface area (Å²) in [5, 5.41) is 0. The summed E-state index contributed by atoms with van der Waals surface area (Å²) >= 11 is 0. The lowest BCUT2D eigenvalue weighted by Gasteiger charge is -2.19. The van der Waals surface area contributed by atoms with Gasteiger partial charge in [0.2, 0.25) is 5.91 Å². The van der Waals surface area contributed by atoms with Gasteiger partial charge in [0.05, 0.1) is 12.4 Å². The van der Waals surface area contributed by atoms with Gasteiger partial charge in [0.1, 0.15) is 11.6 Å². The van der Waals surface area contributed by atoms with Gasteiger partial charge in [-0.3, -0.25) is 15.2 Å². The van der Waals surface area contributed by atoms with E-state index in [9.17, 15) is 13.6 Å². The normalized spacial score (nSPS) is 15.5. The molecule has 0 bridgehead atoms. The van der Waals surface area contributed by atoms with Crippen LogP contribution in [0.5, 0.6) is 0 Å². The third-order valence-electron chi connectivity index (χ3n) is 2.79. The number of carbonyl (C=O) groups excluding carboxylic acids is 1. The lowest BCUT2D eigenvalue weighted by molar-refractivity contribution is -0.125. The third-order valence-corrected chi connectivity index (χ3v) is 2.79. The quantitative estimate of drug-likeness (QED) is 0.459. The van der Waals surface area contributed by atoms with Crippen molar-refractivity contribution in [2.75, 3.05) is 0 Å². The van der Waals surface area contributed by atoms with E-state index in [1.807, 2.05) is 0 Å². The number of hydrazine groups is 1. The fraction of sp³-hybridized carbons (Fsp3) is 0.500. The highest BCUT2D eigenvalue weighted by atomic mass is 19.1. The molecule has 0 atom stereocenters. The van der Waals surface area contributed by atoms with Crippen LogP contribution in [0.25, 0.3) is 0 Å². The smallest absolute Gasteiger partial charge is 0.236 e. The Morgan fingerprint density at radius 2 is 1.78 bits per heavy atom. The lowest BCUT2D eigenvalue weighted by atomic mass is 9.89. The molecular formula is C12H17F2N3O. The number of hydrogen-bond donors (Lipinski definition) is 2. The van der Waals surface area contributed by atoms with Crippen molar-refractivity contribution in [3.8, 4) is 0 Å². The van der Waals surface area contributed by atoms with Gasteiger partial charge in [-0.25, -0.2) is 14.6 Å². The summed E-state index contributed by atoms with van der Waals surface area (Å²) in [5.74, 6) is 3.91. The minimum absolute atomic E-state index is 0.0136. The Morgan fingerprint density at radius 1 is 1.22 bits per heavy atom. The lowest BCUT2D eigenvalue weighted by Crippen LogP contribution is -2.36. The Balaban J connectivity index is 0.000000184. The summed E-state index contributed by atoms with van der Waals surface area (Å²) in [5.41, 5.74) is 2.20. The van der Waals surface area contributed by atoms with E-state index in [1.54, 1.807) is 0 Å². The highest BCUT2D eigenvalue weighted by Gasteiger charge is 2.19. The number of carbonyl (C=O) groups is 1. The number of pyridine rings is 1. The first kappa shape index (κ1) is 14.5. The van der Waals surface area contributed by atoms with Gasteiger partial charge in [-0.05, 0) is 12.8 Å². The molecule has 1 aliphatic rings. The predicted octanol–water partition coefficient (Wildman–Crippen LogP) is 1.92. The molecule has 100 valence electrons. The summed E-state index contributed by atoms with van der Waals surface area (Å²) in [7, 11) is 0. The van der Waals surface area contributed by atoms with Crippen LogP contribution in [0.2, 0.25) is 0 Å². The second kappa shape index (κ2) is 7.71. The number of amides is 1. The molecule has 0 aromatic carbocycles. The summed E-state index contributed by atoms with van der Waals surface area (Å²) in [6.07, 6.45) is 7.56. The summed E-state index contributed by atoms with van der Waals surface area (Å²) in [6, 6.07) is 0.771. The van der Waals surface area contributed by atoms with Crippen LogP contribution in [-0.4, -0.2) is 10.9 Å². The van der Waals surface area contributed by atoms with Crippen LogP contribution in [0.3, 0.4) is 0 Å². The van der Waals surface area contributed by atoms with E-state index in [4.69, 9.17) is 5.84 Å². The minimum Gasteiger partial charge on any atom is -0.294 e. The molecule has 2 rings (SSSR count). The Labute approximate surface area is 105 Å². The third kappa shape index (κ3) is 5.18. The van der Waals surface area contributed by atoms with Crippen molar-refractivity contribution < 1.29 is 13.6 Å². The summed E-state index contributed by atoms with van der Waals surface area (Å²) in [4.78, 5) is 14.2. The number of nitrogens with zero attached hydrogens (tertiary/aromatic N) is 1. The van der Waals surface area contributed by atoms with Gasteiger partial charge in [-0.1, -0.05) is 19.3 Å². The number of nitrogens with one attached hydrogen (secondary N) is 1. The fourth-order valence-corrected chi connectivity index (χ4v) is 1.87. The van der Waals surface area contributed by atoms with Crippen molar-refractivity contribution in [2.24, 2.45) is 11.8 Å². The van der Waals surface area contributed by atoms with Gasteiger partial charge < -0.3 is 0 Å². The van der Waals surface area contributed by atoms with Crippen molar-refractivity contribution in [3.63, 3.8) is 0 Å². The first-order valence-corrected chi connectivity index (χ1v) is 5.90. The minimum atomic E-state index is -0.648. The standard InChI is InChI=1S/C7H14N2O.C5H3F2N/c8-9-7(10)6-4-2-1-3-5-6;6-4-1-5(7)3-8-2-4/h6H,1-5,8H2,(H,9,10);1-3H. The first-order chi connectivity index (χ1) is 8.63. The molecule has 18 heavy (non-hydrogen) atoms. The molecule has 1 aromatic rings. The molecule has 1 saturated carbocycles. The molecule has 0 unspecified atom stereocenters. The van der Waals surface area contributed by atoms with Crippen LogP contribution in [0, 0.1) is 17.6 Å². The Morgan fingerprint density at radius 3 is 2.17 bits per heavy atom. The Kier molecular flexibility index (Phi) is 6.21. The van der Waals surface area contributed by atoms with Crippen molar-refractivity contribution >= 4 is 5.91 Å². The highest BCUT2D eigenvalue weighted by molar-refractivity contribution is 5.77. The molecule has 1 amide bonds. The van der Waals surface area contributed by atoms with Crippen LogP contribution >= 0.6 is 0 Å². The van der Waals surface area contributed by atoms with Crippen LogP contribution in [-0.2, 0) is 4.79 Å². The van der Waals surface area contributed by atoms with Crippen molar-refractivity contribution in [2.45, 2.75) is 32.1 Å². The molecule has 1 aromatic heterocycles. The number of hydrogen-bond acceptors (Lipinski definition) is 3. The molecule has 1 aliphatic carbocycles. The maximum absolute atomic E-state index is 11.9. The van der Waals surface area contributed by atoms with Gasteiger partial charge in [0.15, 0.2) is 0 Å². The average Bonchev–Trinajstić information content (AvgIpc) is 2.39. The number of aromatic nitrogens is 1. The van der Waals surface area contributed by atoms with E-state index < -0.39 is 11.6 Å². The summed E-state index contributed by atoms with van der Waals surface area (Å²) < 4.78 is 23.7. The number of halogens is 2. The second-order valence-corrected chi connectivity index (χ2v) is 4.16. The highest BCUT2D eigenvalue weighted by Crippen LogP contribution is 2.23. The fourth-order valence-electron chi connectivity index (χ4n) is 1.87. The van der Waals surface area contributed by atoms with Gasteiger partial charge >= 0.3 is 0 Å². The molecule has 0 aliphatic heterocycles. The second-order valence-electron chi connectivity index (χ2n) is 4.16. The zero-order chi connectivity index (χ0) is 13.4. The van der Waals surface area contributed by atoms with Gasteiger partial charge in [0, 0.05) is 12.0 Å². The zero-order valence-electron chi connectivity index (χ0n) is 10.0. The van der Waals surface area contributed by atoms with E-state index in [0.717, 1.165) is 31.3 Å². The maximum atomic E-state index is 11.9. The van der Waals surface area contributed by atoms with E-state index in [2.05, 4.69) is 10.4 Å². The predicted molar refractivity (Wildman–Crippen MR) is 63.1 cm³/mol. The van der Waals surface area contributed by atoms with Crippen LogP contribution in [0.15, 0.2) is 18.5 Å². The van der Waals surface area contributed by atoms with E-state index >= 15 is 0 Å². The summed E-state index contributed by atoms with van der Waals surface area (Å²) in [6.45, 7) is 0. The van der Waals surface area contributed by atoms with Crippen molar-refractivity contribution in [3.05, 3.63) is 30.1 Å². The number of nitrogens with two attached hydrogens (primary N) is 1. The maximum Gasteiger partial charge on any atom is 0.236 e. The molecule has 0 spiro atoms. The molecule has 0 radical (unpaired) electrons. The topological polar surface area (TPSA) is 68.0 Å². The molecule has 0 saturated heterocycles. The Bertz CT molecular complexity index is 364. The van der Waals surface area contributed by atoms with E-state index in [-0.39, 0.29) is 11.8 Å². The van der Waals surface area contributed by atoms with Crippen LogP contribution in [0.4, 0.5) is 8.78 Å². The largest absolute Gasteiger partial charge is 0.294 e. The zero-order valence-corrected chi connectivity index (χ0v) is 10.0. The number of rotatable bonds is 1. The molecule has 4 nitrogen and oxygen atoms in total. The monoisotopic (exact) mass is 257 g/mol.